The molecule has 3 aromatic rings. The van der Waals surface area contributed by atoms with E-state index in [2.05, 4.69) is 35.5 Å². The molecular weight excluding hydrogens is 336 g/mol. The number of nitrogens with one attached hydrogen (secondary N) is 3. The molecule has 3 N–H and O–H groups in total. The molecule has 1 fully saturated rings. The van der Waals surface area contributed by atoms with Gasteiger partial charge >= 0.3 is 0 Å². The number of H-pyrrole nitrogens is 2. The van der Waals surface area contributed by atoms with Gasteiger partial charge in [0.2, 0.25) is 11.9 Å². The van der Waals surface area contributed by atoms with Crippen LogP contribution in [0.2, 0.25) is 0 Å². The highest BCUT2D eigenvalue weighted by Crippen LogP contribution is 2.22. The first kappa shape index (κ1) is 16.2. The first-order valence-corrected chi connectivity index (χ1v) is 8.40. The summed E-state index contributed by atoms with van der Waals surface area (Å²) in [7, 11) is 0. The van der Waals surface area contributed by atoms with Crippen molar-refractivity contribution in [3.8, 4) is 0 Å². The standard InChI is InChI=1S/C16H18N8O2/c1-9-4-5-11(23-22-9)24-6-2-3-10(7-24)14(25)20-16-19-13-12(15(26)21-16)17-8-18-13/h4-5,8,10H,2-3,6-7H2,1H3,(H3,17,18,19,20,21,25,26). The molecule has 4 rings (SSSR count). The summed E-state index contributed by atoms with van der Waals surface area (Å²) in [4.78, 5) is 40.0. The second kappa shape index (κ2) is 6.54. The van der Waals surface area contributed by atoms with Gasteiger partial charge in [0.15, 0.2) is 17.0 Å². The van der Waals surface area contributed by atoms with E-state index in [0.717, 1.165) is 30.9 Å². The van der Waals surface area contributed by atoms with Crippen molar-refractivity contribution in [2.45, 2.75) is 19.8 Å². The molecule has 0 spiro atoms. The highest BCUT2D eigenvalue weighted by atomic mass is 16.2. The van der Waals surface area contributed by atoms with Gasteiger partial charge in [0.25, 0.3) is 5.56 Å². The summed E-state index contributed by atoms with van der Waals surface area (Å²) in [6, 6.07) is 3.81. The number of aromatic nitrogens is 6. The smallest absolute Gasteiger partial charge is 0.278 e. The van der Waals surface area contributed by atoms with Gasteiger partial charge in [-0.15, -0.1) is 5.10 Å². The molecule has 1 amide bonds. The average molecular weight is 354 g/mol. The lowest BCUT2D eigenvalue weighted by Gasteiger charge is -2.32. The Morgan fingerprint density at radius 2 is 2.23 bits per heavy atom. The lowest BCUT2D eigenvalue weighted by atomic mass is 9.97. The first-order valence-electron chi connectivity index (χ1n) is 8.40. The van der Waals surface area contributed by atoms with Gasteiger partial charge < -0.3 is 9.88 Å². The molecule has 1 aliphatic heterocycles. The van der Waals surface area contributed by atoms with Crippen LogP contribution in [0.15, 0.2) is 23.3 Å². The molecule has 1 aliphatic rings. The van der Waals surface area contributed by atoms with Crippen LogP contribution in [0.3, 0.4) is 0 Å². The van der Waals surface area contributed by atoms with Crippen molar-refractivity contribution in [3.63, 3.8) is 0 Å². The SMILES string of the molecule is Cc1ccc(N2CCCC(C(=O)Nc3nc4nc[nH]c4c(=O)[nH]3)C2)nn1. The lowest BCUT2D eigenvalue weighted by Crippen LogP contribution is -2.41. The zero-order valence-corrected chi connectivity index (χ0v) is 14.2. The molecule has 1 saturated heterocycles. The van der Waals surface area contributed by atoms with E-state index < -0.39 is 0 Å². The normalized spacial score (nSPS) is 17.4. The minimum absolute atomic E-state index is 0.104. The van der Waals surface area contributed by atoms with E-state index in [1.807, 2.05) is 24.0 Å². The number of hydrogen-bond donors (Lipinski definition) is 3. The molecule has 0 radical (unpaired) electrons. The van der Waals surface area contributed by atoms with Crippen molar-refractivity contribution >= 4 is 28.8 Å². The number of hydrogen-bond acceptors (Lipinski definition) is 7. The van der Waals surface area contributed by atoms with Gasteiger partial charge in [-0.2, -0.15) is 10.1 Å². The largest absolute Gasteiger partial charge is 0.354 e. The molecule has 4 heterocycles. The van der Waals surface area contributed by atoms with Crippen LogP contribution in [-0.4, -0.2) is 49.1 Å². The number of anilines is 2. The molecule has 1 unspecified atom stereocenters. The van der Waals surface area contributed by atoms with Gasteiger partial charge in [-0.05, 0) is 31.9 Å². The number of amides is 1. The third kappa shape index (κ3) is 3.13. The summed E-state index contributed by atoms with van der Waals surface area (Å²) in [6.07, 6.45) is 3.02. The van der Waals surface area contributed by atoms with Gasteiger partial charge in [-0.1, -0.05) is 0 Å². The Morgan fingerprint density at radius 3 is 3.04 bits per heavy atom. The van der Waals surface area contributed by atoms with E-state index in [1.54, 1.807) is 0 Å². The predicted molar refractivity (Wildman–Crippen MR) is 94.8 cm³/mol. The van der Waals surface area contributed by atoms with Gasteiger partial charge in [0.05, 0.1) is 17.9 Å². The van der Waals surface area contributed by atoms with E-state index >= 15 is 0 Å². The zero-order chi connectivity index (χ0) is 18.1. The molecule has 10 nitrogen and oxygen atoms in total. The topological polar surface area (TPSA) is 133 Å². The first-order chi connectivity index (χ1) is 12.6. The van der Waals surface area contributed by atoms with Crippen LogP contribution in [0.5, 0.6) is 0 Å². The average Bonchev–Trinajstić information content (AvgIpc) is 3.11. The Labute approximate surface area is 148 Å². The highest BCUT2D eigenvalue weighted by Gasteiger charge is 2.27. The maximum Gasteiger partial charge on any atom is 0.278 e. The van der Waals surface area contributed by atoms with Crippen LogP contribution in [-0.2, 0) is 4.79 Å². The van der Waals surface area contributed by atoms with Crippen LogP contribution in [0.1, 0.15) is 18.5 Å². The molecule has 10 heteroatoms. The molecule has 3 aromatic heterocycles. The van der Waals surface area contributed by atoms with Crippen LogP contribution < -0.4 is 15.8 Å². The fraction of sp³-hybridized carbons (Fsp3) is 0.375. The van der Waals surface area contributed by atoms with E-state index in [4.69, 9.17) is 0 Å². The number of piperidine rings is 1. The third-order valence-electron chi connectivity index (χ3n) is 4.44. The second-order valence-corrected chi connectivity index (χ2v) is 6.32. The molecule has 0 bridgehead atoms. The maximum absolute atomic E-state index is 12.6. The fourth-order valence-corrected chi connectivity index (χ4v) is 3.08. The minimum Gasteiger partial charge on any atom is -0.354 e. The Bertz CT molecular complexity index is 993. The van der Waals surface area contributed by atoms with Crippen molar-refractivity contribution in [3.05, 3.63) is 34.5 Å². The van der Waals surface area contributed by atoms with Gasteiger partial charge in [-0.25, -0.2) is 4.98 Å². The number of carbonyl (C=O) groups excluding carboxylic acids is 1. The minimum atomic E-state index is -0.372. The van der Waals surface area contributed by atoms with Crippen molar-refractivity contribution in [2.24, 2.45) is 5.92 Å². The number of rotatable bonds is 3. The molecular formula is C16H18N8O2. The predicted octanol–water partition coefficient (Wildman–Crippen LogP) is 0.600. The second-order valence-electron chi connectivity index (χ2n) is 6.32. The van der Waals surface area contributed by atoms with Crippen LogP contribution >= 0.6 is 0 Å². The third-order valence-corrected chi connectivity index (χ3v) is 4.44. The van der Waals surface area contributed by atoms with Crippen LogP contribution in [0.4, 0.5) is 11.8 Å². The summed E-state index contributed by atoms with van der Waals surface area (Å²) >= 11 is 0. The van der Waals surface area contributed by atoms with Crippen molar-refractivity contribution in [2.75, 3.05) is 23.3 Å². The number of imidazole rings is 1. The summed E-state index contributed by atoms with van der Waals surface area (Å²) in [6.45, 7) is 3.25. The Morgan fingerprint density at radius 1 is 1.35 bits per heavy atom. The molecule has 0 aliphatic carbocycles. The molecule has 26 heavy (non-hydrogen) atoms. The van der Waals surface area contributed by atoms with E-state index in [9.17, 15) is 9.59 Å². The summed E-state index contributed by atoms with van der Waals surface area (Å²) in [5, 5.41) is 11.0. The molecule has 0 aromatic carbocycles. The van der Waals surface area contributed by atoms with Gasteiger partial charge in [0, 0.05) is 13.1 Å². The molecule has 1 atom stereocenters. The number of carbonyl (C=O) groups is 1. The van der Waals surface area contributed by atoms with Crippen LogP contribution in [0, 0.1) is 12.8 Å². The number of fused-ring (bicyclic) bond motifs is 1. The summed E-state index contributed by atoms with van der Waals surface area (Å²) < 4.78 is 0. The van der Waals surface area contributed by atoms with Gasteiger partial charge in [0.1, 0.15) is 0 Å². The fourth-order valence-electron chi connectivity index (χ4n) is 3.08. The van der Waals surface area contributed by atoms with Crippen molar-refractivity contribution < 1.29 is 4.79 Å². The van der Waals surface area contributed by atoms with Crippen molar-refractivity contribution in [1.29, 1.82) is 0 Å². The Balaban J connectivity index is 1.48. The zero-order valence-electron chi connectivity index (χ0n) is 14.2. The van der Waals surface area contributed by atoms with Crippen LogP contribution in [0.25, 0.3) is 11.2 Å². The van der Waals surface area contributed by atoms with Crippen molar-refractivity contribution in [1.82, 2.24) is 30.1 Å². The molecule has 0 saturated carbocycles. The van der Waals surface area contributed by atoms with E-state index in [-0.39, 0.29) is 34.5 Å². The van der Waals surface area contributed by atoms with E-state index in [1.165, 1.54) is 6.33 Å². The highest BCUT2D eigenvalue weighted by molar-refractivity contribution is 5.92. The Hall–Kier alpha value is -3.30. The number of aryl methyl sites for hydroxylation is 1. The van der Waals surface area contributed by atoms with E-state index in [0.29, 0.717) is 6.54 Å². The number of nitrogens with zero attached hydrogens (tertiary/aromatic N) is 5. The summed E-state index contributed by atoms with van der Waals surface area (Å²) in [5.41, 5.74) is 1.03. The maximum atomic E-state index is 12.6. The molecule has 134 valence electrons. The number of aromatic amines is 2. The van der Waals surface area contributed by atoms with Gasteiger partial charge in [-0.3, -0.25) is 19.9 Å². The monoisotopic (exact) mass is 354 g/mol. The summed E-state index contributed by atoms with van der Waals surface area (Å²) in [5.74, 6) is 0.448. The lowest BCUT2D eigenvalue weighted by molar-refractivity contribution is -0.120. The quantitative estimate of drug-likeness (QED) is 0.627. The Kier molecular flexibility index (Phi) is 4.07.